The third-order valence-corrected chi connectivity index (χ3v) is 6.74. The molecular formula is C23H30O6. The van der Waals surface area contributed by atoms with Crippen LogP contribution in [0.15, 0.2) is 48.1 Å². The molecule has 4 unspecified atom stereocenters. The minimum absolute atomic E-state index is 0.0297. The van der Waals surface area contributed by atoms with Gasteiger partial charge in [-0.3, -0.25) is 0 Å². The molecule has 29 heavy (non-hydrogen) atoms. The van der Waals surface area contributed by atoms with Crippen LogP contribution in [0.1, 0.15) is 40.0 Å². The van der Waals surface area contributed by atoms with Crippen LogP contribution in [0, 0.1) is 16.7 Å². The van der Waals surface area contributed by atoms with Crippen LogP contribution >= 0.6 is 0 Å². The van der Waals surface area contributed by atoms with E-state index in [0.29, 0.717) is 12.0 Å². The normalized spacial score (nSPS) is 36.2. The zero-order valence-electron chi connectivity index (χ0n) is 17.3. The Morgan fingerprint density at radius 3 is 2.69 bits per heavy atom. The monoisotopic (exact) mass is 402 g/mol. The van der Waals surface area contributed by atoms with Gasteiger partial charge >= 0.3 is 11.9 Å². The fraction of sp³-hybridized carbons (Fsp3) is 0.565. The molecule has 158 valence electrons. The van der Waals surface area contributed by atoms with Gasteiger partial charge in [0, 0.05) is 23.0 Å². The Labute approximate surface area is 171 Å². The molecule has 6 nitrogen and oxygen atoms in total. The van der Waals surface area contributed by atoms with E-state index in [1.54, 1.807) is 36.5 Å². The number of carbonyl (C=O) groups is 2. The van der Waals surface area contributed by atoms with Gasteiger partial charge in [-0.2, -0.15) is 0 Å². The molecule has 0 aromatic heterocycles. The van der Waals surface area contributed by atoms with Crippen molar-refractivity contribution < 1.29 is 29.3 Å². The summed E-state index contributed by atoms with van der Waals surface area (Å²) in [6.07, 6.45) is 13.2. The van der Waals surface area contributed by atoms with Gasteiger partial charge in [0.05, 0.1) is 6.61 Å². The molecule has 1 saturated carbocycles. The minimum Gasteiger partial charge on any atom is -0.459 e. The summed E-state index contributed by atoms with van der Waals surface area (Å²) < 4.78 is 11.0. The highest BCUT2D eigenvalue weighted by molar-refractivity contribution is 5.88. The van der Waals surface area contributed by atoms with Crippen LogP contribution in [0.2, 0.25) is 0 Å². The third-order valence-electron chi connectivity index (χ3n) is 6.74. The second kappa shape index (κ2) is 7.92. The average molecular weight is 402 g/mol. The van der Waals surface area contributed by atoms with Crippen LogP contribution in [0.3, 0.4) is 0 Å². The molecule has 0 amide bonds. The summed E-state index contributed by atoms with van der Waals surface area (Å²) in [5.41, 5.74) is -2.15. The van der Waals surface area contributed by atoms with E-state index >= 15 is 0 Å². The van der Waals surface area contributed by atoms with Crippen LogP contribution in [-0.4, -0.2) is 47.1 Å². The molecule has 2 fully saturated rings. The van der Waals surface area contributed by atoms with E-state index in [9.17, 15) is 14.7 Å². The number of aliphatic hydroxyl groups excluding tert-OH is 1. The van der Waals surface area contributed by atoms with E-state index in [1.165, 1.54) is 6.08 Å². The fourth-order valence-corrected chi connectivity index (χ4v) is 5.52. The van der Waals surface area contributed by atoms with Crippen molar-refractivity contribution in [1.29, 1.82) is 0 Å². The average Bonchev–Trinajstić information content (AvgIpc) is 2.94. The fourth-order valence-electron chi connectivity index (χ4n) is 5.52. The smallest absolute Gasteiger partial charge is 0.343 e. The summed E-state index contributed by atoms with van der Waals surface area (Å²) in [7, 11) is 0. The standard InChI is InChI=1S/C23H30O6/c1-21(2)11-9-12-22(3)19(21)17(14-16-15-28-20(26)23(16,22)27)29-18(25)10-7-5-4-6-8-13-24/h4-8,10,14,17,19,24,27H,9,11-13,15H2,1-3H3. The van der Waals surface area contributed by atoms with E-state index in [-0.39, 0.29) is 24.5 Å². The number of cyclic esters (lactones) is 1. The van der Waals surface area contributed by atoms with Crippen molar-refractivity contribution >= 4 is 11.9 Å². The zero-order valence-corrected chi connectivity index (χ0v) is 17.3. The Kier molecular flexibility index (Phi) is 5.88. The van der Waals surface area contributed by atoms with Gasteiger partial charge in [0.1, 0.15) is 12.7 Å². The lowest BCUT2D eigenvalue weighted by Gasteiger charge is -2.59. The number of ether oxygens (including phenoxy) is 2. The number of fused-ring (bicyclic) bond motifs is 3. The summed E-state index contributed by atoms with van der Waals surface area (Å²) in [5.74, 6) is -1.30. The van der Waals surface area contributed by atoms with Crippen molar-refractivity contribution in [3.05, 3.63) is 48.1 Å². The molecule has 1 saturated heterocycles. The molecule has 3 rings (SSSR count). The Bertz CT molecular complexity index is 789. The Morgan fingerprint density at radius 2 is 1.97 bits per heavy atom. The largest absolute Gasteiger partial charge is 0.459 e. The number of hydrogen-bond donors (Lipinski definition) is 2. The summed E-state index contributed by atoms with van der Waals surface area (Å²) in [6, 6.07) is 0. The quantitative estimate of drug-likeness (QED) is 0.318. The summed E-state index contributed by atoms with van der Waals surface area (Å²) in [4.78, 5) is 25.0. The highest BCUT2D eigenvalue weighted by atomic mass is 16.6. The lowest BCUT2D eigenvalue weighted by Crippen LogP contribution is -2.65. The van der Waals surface area contributed by atoms with Crippen molar-refractivity contribution in [2.75, 3.05) is 13.2 Å². The summed E-state index contributed by atoms with van der Waals surface area (Å²) in [5, 5.41) is 20.1. The van der Waals surface area contributed by atoms with Gasteiger partial charge in [-0.05, 0) is 24.3 Å². The van der Waals surface area contributed by atoms with Crippen molar-refractivity contribution in [3.8, 4) is 0 Å². The third kappa shape index (κ3) is 3.60. The first kappa shape index (κ1) is 21.5. The second-order valence-electron chi connectivity index (χ2n) is 8.97. The van der Waals surface area contributed by atoms with Crippen LogP contribution < -0.4 is 0 Å². The SMILES string of the molecule is CC1(C)CCCC2(C)C1C(OC(=O)C=CC=CC=CCO)C=C1COC(=O)C12O. The zero-order chi connectivity index (χ0) is 21.3. The van der Waals surface area contributed by atoms with Crippen molar-refractivity contribution in [1.82, 2.24) is 0 Å². The van der Waals surface area contributed by atoms with Crippen molar-refractivity contribution in [3.63, 3.8) is 0 Å². The molecule has 2 aliphatic carbocycles. The second-order valence-corrected chi connectivity index (χ2v) is 8.97. The molecule has 0 bridgehead atoms. The van der Waals surface area contributed by atoms with Gasteiger partial charge < -0.3 is 19.7 Å². The first-order chi connectivity index (χ1) is 13.7. The number of carbonyl (C=O) groups excluding carboxylic acids is 2. The van der Waals surface area contributed by atoms with E-state index in [0.717, 1.165) is 12.8 Å². The molecule has 3 aliphatic rings. The van der Waals surface area contributed by atoms with E-state index in [2.05, 4.69) is 13.8 Å². The van der Waals surface area contributed by atoms with Crippen LogP contribution in [-0.2, 0) is 19.1 Å². The molecule has 1 aliphatic heterocycles. The Morgan fingerprint density at radius 1 is 1.24 bits per heavy atom. The molecule has 0 aromatic rings. The maximum Gasteiger partial charge on any atom is 0.343 e. The van der Waals surface area contributed by atoms with Gasteiger partial charge in [-0.25, -0.2) is 9.59 Å². The topological polar surface area (TPSA) is 93.1 Å². The molecular weight excluding hydrogens is 372 g/mol. The van der Waals surface area contributed by atoms with Gasteiger partial charge in [0.2, 0.25) is 0 Å². The molecule has 0 radical (unpaired) electrons. The Hall–Kier alpha value is -2.18. The van der Waals surface area contributed by atoms with E-state index in [1.807, 2.05) is 6.92 Å². The highest BCUT2D eigenvalue weighted by Gasteiger charge is 2.69. The minimum atomic E-state index is -1.66. The molecule has 0 aromatic carbocycles. The maximum absolute atomic E-state index is 12.5. The number of esters is 2. The number of hydrogen-bond acceptors (Lipinski definition) is 6. The predicted octanol–water partition coefficient (Wildman–Crippen LogP) is 2.62. The lowest BCUT2D eigenvalue weighted by molar-refractivity contribution is -0.194. The maximum atomic E-state index is 12.5. The molecule has 4 atom stereocenters. The van der Waals surface area contributed by atoms with Gasteiger partial charge in [-0.1, -0.05) is 57.6 Å². The van der Waals surface area contributed by atoms with Crippen LogP contribution in [0.5, 0.6) is 0 Å². The van der Waals surface area contributed by atoms with E-state index in [4.69, 9.17) is 14.6 Å². The molecule has 0 spiro atoms. The Balaban J connectivity index is 1.88. The predicted molar refractivity (Wildman–Crippen MR) is 108 cm³/mol. The number of allylic oxidation sites excluding steroid dienone is 4. The molecule has 1 heterocycles. The van der Waals surface area contributed by atoms with Gasteiger partial charge in [-0.15, -0.1) is 0 Å². The highest BCUT2D eigenvalue weighted by Crippen LogP contribution is 2.63. The van der Waals surface area contributed by atoms with Gasteiger partial charge in [0.25, 0.3) is 0 Å². The van der Waals surface area contributed by atoms with Crippen molar-refractivity contribution in [2.24, 2.45) is 16.7 Å². The summed E-state index contributed by atoms with van der Waals surface area (Å²) >= 11 is 0. The number of rotatable bonds is 5. The van der Waals surface area contributed by atoms with Gasteiger partial charge in [0.15, 0.2) is 5.60 Å². The molecule has 6 heteroatoms. The van der Waals surface area contributed by atoms with E-state index < -0.39 is 29.1 Å². The first-order valence-corrected chi connectivity index (χ1v) is 10.1. The number of aliphatic hydroxyl groups is 2. The first-order valence-electron chi connectivity index (χ1n) is 10.1. The lowest BCUT2D eigenvalue weighted by atomic mass is 9.46. The molecule has 2 N–H and O–H groups in total. The summed E-state index contributed by atoms with van der Waals surface area (Å²) in [6.45, 7) is 6.11. The van der Waals surface area contributed by atoms with Crippen molar-refractivity contribution in [2.45, 2.75) is 51.7 Å². The van der Waals surface area contributed by atoms with Crippen LogP contribution in [0.25, 0.3) is 0 Å². The van der Waals surface area contributed by atoms with Crippen LogP contribution in [0.4, 0.5) is 0 Å².